The molecule has 0 bridgehead atoms. The van der Waals surface area contributed by atoms with Crippen LogP contribution in [0.5, 0.6) is 11.5 Å². The molecule has 128 valence electrons. The number of aryl methyl sites for hydroxylation is 3. The molecule has 0 spiro atoms. The summed E-state index contributed by atoms with van der Waals surface area (Å²) in [6, 6.07) is 12.1. The van der Waals surface area contributed by atoms with Gasteiger partial charge in [0.15, 0.2) is 0 Å². The van der Waals surface area contributed by atoms with Gasteiger partial charge in [-0.25, -0.2) is 0 Å². The molecule has 2 aromatic carbocycles. The molecule has 0 saturated carbocycles. The first-order chi connectivity index (χ1) is 11.5. The summed E-state index contributed by atoms with van der Waals surface area (Å²) in [5, 5.41) is 0. The predicted molar refractivity (Wildman–Crippen MR) is 95.5 cm³/mol. The average molecular weight is 327 g/mol. The minimum atomic E-state index is -0.193. The lowest BCUT2D eigenvalue weighted by molar-refractivity contribution is -0.140. The second-order valence-corrected chi connectivity index (χ2v) is 5.96. The van der Waals surface area contributed by atoms with Gasteiger partial charge in [0.05, 0.1) is 7.11 Å². The highest BCUT2D eigenvalue weighted by molar-refractivity contribution is 5.69. The van der Waals surface area contributed by atoms with Crippen LogP contribution in [0.25, 0.3) is 0 Å². The highest BCUT2D eigenvalue weighted by atomic mass is 16.5. The quantitative estimate of drug-likeness (QED) is 0.788. The van der Waals surface area contributed by atoms with Crippen molar-refractivity contribution in [3.8, 4) is 11.5 Å². The van der Waals surface area contributed by atoms with Crippen molar-refractivity contribution in [1.82, 2.24) is 0 Å². The summed E-state index contributed by atoms with van der Waals surface area (Å²) in [4.78, 5) is 11.3. The smallest absolute Gasteiger partial charge is 0.305 e. The van der Waals surface area contributed by atoms with Gasteiger partial charge in [0.25, 0.3) is 0 Å². The summed E-state index contributed by atoms with van der Waals surface area (Å²) in [6.07, 6.45) is 1.89. The Balaban J connectivity index is 2.10. The Morgan fingerprint density at radius 3 is 2.50 bits per heavy atom. The molecule has 0 fully saturated rings. The highest BCUT2D eigenvalue weighted by Crippen LogP contribution is 2.26. The van der Waals surface area contributed by atoms with Crippen molar-refractivity contribution in [2.45, 2.75) is 33.1 Å². The lowest BCUT2D eigenvalue weighted by atomic mass is 10.0. The zero-order valence-electron chi connectivity index (χ0n) is 14.6. The minimum Gasteiger partial charge on any atom is -0.469 e. The largest absolute Gasteiger partial charge is 0.469 e. The lowest BCUT2D eigenvalue weighted by Crippen LogP contribution is -2.03. The SMILES string of the molecule is COC(=O)CCc1ccc(Oc2cc(C)cc(CCN)c2)cc1C. The summed E-state index contributed by atoms with van der Waals surface area (Å²) >= 11 is 0. The van der Waals surface area contributed by atoms with Crippen molar-refractivity contribution in [1.29, 1.82) is 0 Å². The molecule has 0 radical (unpaired) electrons. The first-order valence-electron chi connectivity index (χ1n) is 8.16. The average Bonchev–Trinajstić information content (AvgIpc) is 2.53. The zero-order valence-corrected chi connectivity index (χ0v) is 14.6. The zero-order chi connectivity index (χ0) is 17.5. The summed E-state index contributed by atoms with van der Waals surface area (Å²) in [5.41, 5.74) is 10.2. The molecule has 0 saturated heterocycles. The third-order valence-electron chi connectivity index (χ3n) is 3.92. The number of methoxy groups -OCH3 is 1. The van der Waals surface area contributed by atoms with Crippen LogP contribution < -0.4 is 10.5 Å². The number of esters is 1. The van der Waals surface area contributed by atoms with E-state index in [-0.39, 0.29) is 5.97 Å². The van der Waals surface area contributed by atoms with E-state index < -0.39 is 0 Å². The molecular weight excluding hydrogens is 302 g/mol. The summed E-state index contributed by atoms with van der Waals surface area (Å²) in [5.74, 6) is 1.42. The summed E-state index contributed by atoms with van der Waals surface area (Å²) in [6.45, 7) is 4.69. The van der Waals surface area contributed by atoms with Crippen LogP contribution in [0.3, 0.4) is 0 Å². The van der Waals surface area contributed by atoms with Gasteiger partial charge in [-0.15, -0.1) is 0 Å². The number of benzene rings is 2. The number of carbonyl (C=O) groups is 1. The molecule has 0 aromatic heterocycles. The van der Waals surface area contributed by atoms with Gasteiger partial charge in [-0.1, -0.05) is 12.1 Å². The number of hydrogen-bond acceptors (Lipinski definition) is 4. The normalized spacial score (nSPS) is 10.5. The molecule has 0 amide bonds. The summed E-state index contributed by atoms with van der Waals surface area (Å²) < 4.78 is 10.7. The van der Waals surface area contributed by atoms with Crippen LogP contribution in [0.15, 0.2) is 36.4 Å². The topological polar surface area (TPSA) is 61.5 Å². The van der Waals surface area contributed by atoms with Crippen LogP contribution in [-0.2, 0) is 22.4 Å². The molecule has 2 aromatic rings. The standard InChI is InChI=1S/C20H25NO3/c1-14-10-16(8-9-21)13-19(11-14)24-18-6-4-17(15(2)12-18)5-7-20(22)23-3/h4,6,10-13H,5,7-9,21H2,1-3H3. The fourth-order valence-electron chi connectivity index (χ4n) is 2.68. The number of carbonyl (C=O) groups excluding carboxylic acids is 1. The molecular formula is C20H25NO3. The first kappa shape index (κ1) is 18.0. The van der Waals surface area contributed by atoms with Crippen LogP contribution in [0.2, 0.25) is 0 Å². The van der Waals surface area contributed by atoms with Crippen LogP contribution in [0.1, 0.15) is 28.7 Å². The maximum atomic E-state index is 11.3. The number of nitrogens with two attached hydrogens (primary N) is 1. The molecule has 0 aliphatic heterocycles. The molecule has 4 heteroatoms. The van der Waals surface area contributed by atoms with Crippen LogP contribution in [0, 0.1) is 13.8 Å². The van der Waals surface area contributed by atoms with Gasteiger partial charge in [-0.05, 0) is 79.8 Å². The number of rotatable bonds is 7. The van der Waals surface area contributed by atoms with Crippen molar-refractivity contribution >= 4 is 5.97 Å². The molecule has 0 unspecified atom stereocenters. The second-order valence-electron chi connectivity index (χ2n) is 5.96. The molecule has 0 aliphatic carbocycles. The van der Waals surface area contributed by atoms with E-state index in [1.165, 1.54) is 12.7 Å². The van der Waals surface area contributed by atoms with Gasteiger partial charge in [0.2, 0.25) is 0 Å². The van der Waals surface area contributed by atoms with Crippen LogP contribution >= 0.6 is 0 Å². The predicted octanol–water partition coefficient (Wildman–Crippen LogP) is 3.70. The van der Waals surface area contributed by atoms with Gasteiger partial charge in [-0.3, -0.25) is 4.79 Å². The van der Waals surface area contributed by atoms with E-state index in [0.29, 0.717) is 19.4 Å². The molecule has 0 heterocycles. The minimum absolute atomic E-state index is 0.193. The molecule has 4 nitrogen and oxygen atoms in total. The van der Waals surface area contributed by atoms with Crippen molar-refractivity contribution in [2.24, 2.45) is 5.73 Å². The maximum absolute atomic E-state index is 11.3. The number of ether oxygens (including phenoxy) is 2. The van der Waals surface area contributed by atoms with Crippen molar-refractivity contribution in [2.75, 3.05) is 13.7 Å². The van der Waals surface area contributed by atoms with Crippen molar-refractivity contribution in [3.63, 3.8) is 0 Å². The Hall–Kier alpha value is -2.33. The molecule has 2 N–H and O–H groups in total. The maximum Gasteiger partial charge on any atom is 0.305 e. The Morgan fingerprint density at radius 1 is 1.04 bits per heavy atom. The Bertz CT molecular complexity index is 710. The van der Waals surface area contributed by atoms with Crippen LogP contribution in [0.4, 0.5) is 0 Å². The van der Waals surface area contributed by atoms with E-state index in [2.05, 4.69) is 10.8 Å². The van der Waals surface area contributed by atoms with E-state index in [1.54, 1.807) is 0 Å². The molecule has 24 heavy (non-hydrogen) atoms. The molecule has 0 aliphatic rings. The van der Waals surface area contributed by atoms with Gasteiger partial charge in [0, 0.05) is 6.42 Å². The summed E-state index contributed by atoms with van der Waals surface area (Å²) in [7, 11) is 1.41. The highest BCUT2D eigenvalue weighted by Gasteiger charge is 2.07. The lowest BCUT2D eigenvalue weighted by Gasteiger charge is -2.12. The van der Waals surface area contributed by atoms with E-state index in [4.69, 9.17) is 10.5 Å². The van der Waals surface area contributed by atoms with Crippen molar-refractivity contribution in [3.05, 3.63) is 58.7 Å². The Labute approximate surface area is 143 Å². The van der Waals surface area contributed by atoms with E-state index in [0.717, 1.165) is 34.6 Å². The second kappa shape index (κ2) is 8.50. The third-order valence-corrected chi connectivity index (χ3v) is 3.92. The third kappa shape index (κ3) is 5.10. The van der Waals surface area contributed by atoms with Gasteiger partial charge in [-0.2, -0.15) is 0 Å². The fraction of sp³-hybridized carbons (Fsp3) is 0.350. The van der Waals surface area contributed by atoms with Crippen LogP contribution in [-0.4, -0.2) is 19.6 Å². The Morgan fingerprint density at radius 2 is 1.83 bits per heavy atom. The number of hydrogen-bond donors (Lipinski definition) is 1. The van der Waals surface area contributed by atoms with Gasteiger partial charge < -0.3 is 15.2 Å². The van der Waals surface area contributed by atoms with Crippen molar-refractivity contribution < 1.29 is 14.3 Å². The van der Waals surface area contributed by atoms with E-state index in [9.17, 15) is 4.79 Å². The monoisotopic (exact) mass is 327 g/mol. The van der Waals surface area contributed by atoms with E-state index >= 15 is 0 Å². The molecule has 0 atom stereocenters. The van der Waals surface area contributed by atoms with Gasteiger partial charge in [0.1, 0.15) is 11.5 Å². The fourth-order valence-corrected chi connectivity index (χ4v) is 2.68. The first-order valence-corrected chi connectivity index (χ1v) is 8.16. The van der Waals surface area contributed by atoms with Gasteiger partial charge >= 0.3 is 5.97 Å². The Kier molecular flexibility index (Phi) is 6.38. The molecule has 2 rings (SSSR count). The van der Waals surface area contributed by atoms with E-state index in [1.807, 2.05) is 44.2 Å².